The number of carboxylic acid groups (broad SMARTS) is 1. The minimum atomic E-state index is -1.12. The molecule has 0 amide bonds. The van der Waals surface area contributed by atoms with Gasteiger partial charge >= 0.3 is 17.9 Å². The van der Waals surface area contributed by atoms with E-state index in [0.717, 1.165) is 51.4 Å². The molecule has 156 valence electrons. The van der Waals surface area contributed by atoms with Crippen LogP contribution in [0.25, 0.3) is 0 Å². The summed E-state index contributed by atoms with van der Waals surface area (Å²) < 4.78 is 10.6. The van der Waals surface area contributed by atoms with E-state index in [2.05, 4.69) is 13.8 Å². The average Bonchev–Trinajstić information content (AvgIpc) is 2.66. The Hall–Kier alpha value is -1.59. The summed E-state index contributed by atoms with van der Waals surface area (Å²) in [6.45, 7) is 4.84. The van der Waals surface area contributed by atoms with Gasteiger partial charge in [0, 0.05) is 0 Å². The Kier molecular flexibility index (Phi) is 11.8. The number of esters is 2. The van der Waals surface area contributed by atoms with Crippen molar-refractivity contribution in [3.8, 4) is 0 Å². The molecule has 1 rings (SSSR count). The zero-order valence-corrected chi connectivity index (χ0v) is 16.9. The molecule has 1 fully saturated rings. The number of hydrogen-bond donors (Lipinski definition) is 1. The molecule has 0 aromatic heterocycles. The Balaban J connectivity index is 2.57. The van der Waals surface area contributed by atoms with E-state index in [1.807, 2.05) is 0 Å². The quantitative estimate of drug-likeness (QED) is 0.375. The molecule has 0 spiro atoms. The second kappa shape index (κ2) is 13.6. The van der Waals surface area contributed by atoms with E-state index in [1.165, 1.54) is 0 Å². The van der Waals surface area contributed by atoms with Crippen molar-refractivity contribution in [3.63, 3.8) is 0 Å². The second-order valence-electron chi connectivity index (χ2n) is 7.46. The highest BCUT2D eigenvalue weighted by Gasteiger charge is 2.46. The molecule has 2 atom stereocenters. The van der Waals surface area contributed by atoms with Crippen LogP contribution >= 0.6 is 0 Å². The van der Waals surface area contributed by atoms with Gasteiger partial charge in [0.05, 0.1) is 31.0 Å². The van der Waals surface area contributed by atoms with E-state index in [0.29, 0.717) is 32.5 Å². The fourth-order valence-electron chi connectivity index (χ4n) is 3.69. The molecule has 0 saturated heterocycles. The van der Waals surface area contributed by atoms with E-state index < -0.39 is 35.7 Å². The van der Waals surface area contributed by atoms with Crippen LogP contribution in [0.5, 0.6) is 0 Å². The number of carbonyl (C=O) groups is 3. The van der Waals surface area contributed by atoms with Gasteiger partial charge in [-0.05, 0) is 25.7 Å². The summed E-state index contributed by atoms with van der Waals surface area (Å²) in [4.78, 5) is 36.6. The first-order valence-corrected chi connectivity index (χ1v) is 10.6. The first-order chi connectivity index (χ1) is 13.0. The molecule has 6 heteroatoms. The molecule has 0 aromatic carbocycles. The summed E-state index contributed by atoms with van der Waals surface area (Å²) in [5, 5.41) is 9.64. The number of hydrogen-bond acceptors (Lipinski definition) is 5. The SMILES string of the molecule is CCCCCCOC(=O)C1CCCC(C(=O)OCCCCCC)C1C(=O)O. The lowest BCUT2D eigenvalue weighted by Gasteiger charge is -2.32. The Morgan fingerprint density at radius 1 is 0.778 bits per heavy atom. The number of carbonyl (C=O) groups excluding carboxylic acids is 2. The first kappa shape index (κ1) is 23.4. The lowest BCUT2D eigenvalue weighted by molar-refractivity contribution is -0.169. The van der Waals surface area contributed by atoms with Crippen LogP contribution in [0.3, 0.4) is 0 Å². The van der Waals surface area contributed by atoms with Gasteiger partial charge in [-0.15, -0.1) is 0 Å². The van der Waals surface area contributed by atoms with Crippen LogP contribution in [0.1, 0.15) is 84.5 Å². The average molecular weight is 385 g/mol. The largest absolute Gasteiger partial charge is 0.481 e. The van der Waals surface area contributed by atoms with Gasteiger partial charge in [-0.25, -0.2) is 0 Å². The predicted octanol–water partition coefficient (Wildman–Crippen LogP) is 4.35. The van der Waals surface area contributed by atoms with Crippen molar-refractivity contribution in [3.05, 3.63) is 0 Å². The molecule has 0 aromatic rings. The number of ether oxygens (including phenoxy) is 2. The summed E-state index contributed by atoms with van der Waals surface area (Å²) in [5.74, 6) is -4.67. The van der Waals surface area contributed by atoms with Crippen LogP contribution in [-0.2, 0) is 23.9 Å². The van der Waals surface area contributed by atoms with Crippen molar-refractivity contribution in [1.29, 1.82) is 0 Å². The van der Waals surface area contributed by atoms with Crippen molar-refractivity contribution in [2.24, 2.45) is 17.8 Å². The van der Waals surface area contributed by atoms with Crippen LogP contribution in [-0.4, -0.2) is 36.2 Å². The van der Waals surface area contributed by atoms with Crippen molar-refractivity contribution < 1.29 is 29.0 Å². The fourth-order valence-corrected chi connectivity index (χ4v) is 3.69. The topological polar surface area (TPSA) is 89.9 Å². The minimum Gasteiger partial charge on any atom is -0.481 e. The highest BCUT2D eigenvalue weighted by atomic mass is 16.5. The van der Waals surface area contributed by atoms with E-state index in [-0.39, 0.29) is 0 Å². The van der Waals surface area contributed by atoms with Crippen molar-refractivity contribution >= 4 is 17.9 Å². The third kappa shape index (κ3) is 8.31. The van der Waals surface area contributed by atoms with Gasteiger partial charge in [0.25, 0.3) is 0 Å². The minimum absolute atomic E-state index is 0.314. The Labute approximate surface area is 163 Å². The van der Waals surface area contributed by atoms with E-state index in [4.69, 9.17) is 9.47 Å². The molecular weight excluding hydrogens is 348 g/mol. The molecule has 1 aliphatic carbocycles. The standard InChI is InChI=1S/C21H36O6/c1-3-5-7-9-14-26-20(24)16-12-11-13-17(18(16)19(22)23)21(25)27-15-10-8-6-4-2/h16-18H,3-15H2,1-2H3,(H,22,23). The zero-order chi connectivity index (χ0) is 20.1. The first-order valence-electron chi connectivity index (χ1n) is 10.6. The van der Waals surface area contributed by atoms with Crippen molar-refractivity contribution in [2.45, 2.75) is 84.5 Å². The van der Waals surface area contributed by atoms with Gasteiger partial charge in [0.2, 0.25) is 0 Å². The Bertz CT molecular complexity index is 428. The molecule has 27 heavy (non-hydrogen) atoms. The van der Waals surface area contributed by atoms with Gasteiger partial charge in [0.15, 0.2) is 0 Å². The molecule has 0 radical (unpaired) electrons. The maximum absolute atomic E-state index is 12.4. The zero-order valence-electron chi connectivity index (χ0n) is 16.9. The number of carboxylic acids is 1. The van der Waals surface area contributed by atoms with Gasteiger partial charge in [-0.2, -0.15) is 0 Å². The molecule has 0 bridgehead atoms. The smallest absolute Gasteiger partial charge is 0.309 e. The summed E-state index contributed by atoms with van der Waals surface area (Å²) >= 11 is 0. The van der Waals surface area contributed by atoms with Crippen LogP contribution in [0.2, 0.25) is 0 Å². The molecule has 1 saturated carbocycles. The normalized spacial score (nSPS) is 22.2. The molecule has 6 nitrogen and oxygen atoms in total. The maximum atomic E-state index is 12.4. The summed E-state index contributed by atoms with van der Waals surface area (Å²) in [5.41, 5.74) is 0. The van der Waals surface area contributed by atoms with E-state index in [1.54, 1.807) is 0 Å². The van der Waals surface area contributed by atoms with Gasteiger partial charge < -0.3 is 14.6 Å². The fraction of sp³-hybridized carbons (Fsp3) is 0.857. The molecular formula is C21H36O6. The number of unbranched alkanes of at least 4 members (excludes halogenated alkanes) is 6. The van der Waals surface area contributed by atoms with Gasteiger partial charge in [-0.1, -0.05) is 58.8 Å². The van der Waals surface area contributed by atoms with Crippen molar-refractivity contribution in [2.75, 3.05) is 13.2 Å². The summed E-state index contributed by atoms with van der Waals surface area (Å²) in [6.07, 6.45) is 9.45. The monoisotopic (exact) mass is 384 g/mol. The van der Waals surface area contributed by atoms with Gasteiger partial charge in [-0.3, -0.25) is 14.4 Å². The van der Waals surface area contributed by atoms with Gasteiger partial charge in [0.1, 0.15) is 0 Å². The highest BCUT2D eigenvalue weighted by Crippen LogP contribution is 2.37. The molecule has 0 heterocycles. The van der Waals surface area contributed by atoms with Crippen molar-refractivity contribution in [1.82, 2.24) is 0 Å². The summed E-state index contributed by atoms with van der Waals surface area (Å²) in [6, 6.07) is 0. The van der Waals surface area contributed by atoms with Crippen LogP contribution in [0.4, 0.5) is 0 Å². The number of aliphatic carboxylic acids is 1. The van der Waals surface area contributed by atoms with E-state index in [9.17, 15) is 19.5 Å². The Morgan fingerprint density at radius 3 is 1.59 bits per heavy atom. The summed E-state index contributed by atoms with van der Waals surface area (Å²) in [7, 11) is 0. The molecule has 2 unspecified atom stereocenters. The molecule has 0 aliphatic heterocycles. The lowest BCUT2D eigenvalue weighted by Crippen LogP contribution is -2.43. The molecule has 1 N–H and O–H groups in total. The van der Waals surface area contributed by atoms with Crippen LogP contribution in [0.15, 0.2) is 0 Å². The molecule has 1 aliphatic rings. The van der Waals surface area contributed by atoms with Crippen LogP contribution in [0, 0.1) is 17.8 Å². The maximum Gasteiger partial charge on any atom is 0.309 e. The van der Waals surface area contributed by atoms with E-state index >= 15 is 0 Å². The second-order valence-corrected chi connectivity index (χ2v) is 7.46. The Morgan fingerprint density at radius 2 is 1.22 bits per heavy atom. The highest BCUT2D eigenvalue weighted by molar-refractivity contribution is 5.86. The predicted molar refractivity (Wildman–Crippen MR) is 102 cm³/mol. The third-order valence-corrected chi connectivity index (χ3v) is 5.27. The third-order valence-electron chi connectivity index (χ3n) is 5.27. The lowest BCUT2D eigenvalue weighted by atomic mass is 9.72. The number of rotatable bonds is 13. The van der Waals surface area contributed by atoms with Crippen LogP contribution < -0.4 is 0 Å².